The number of hydrogen-bond donors (Lipinski definition) is 1. The Balaban J connectivity index is 1.34. The Hall–Kier alpha value is -2.63. The fraction of sp³-hybridized carbons (Fsp3) is 0.345. The van der Waals surface area contributed by atoms with Gasteiger partial charge in [-0.2, -0.15) is 0 Å². The predicted octanol–water partition coefficient (Wildman–Crippen LogP) is 6.44. The molecular weight excluding hydrogens is 486 g/mol. The molecule has 1 atom stereocenters. The van der Waals surface area contributed by atoms with E-state index in [0.29, 0.717) is 11.9 Å². The summed E-state index contributed by atoms with van der Waals surface area (Å²) in [6.45, 7) is 0. The number of hydroxylamine groups is 2. The Kier molecular flexibility index (Phi) is 5.30. The van der Waals surface area contributed by atoms with Crippen LogP contribution in [0.15, 0.2) is 82.3 Å². The summed E-state index contributed by atoms with van der Waals surface area (Å²) >= 11 is 3.55. The normalized spacial score (nSPS) is 27.9. The molecule has 34 heavy (non-hydrogen) atoms. The summed E-state index contributed by atoms with van der Waals surface area (Å²) in [6.07, 6.45) is 6.70. The first-order valence-electron chi connectivity index (χ1n) is 12.2. The second-order valence-electron chi connectivity index (χ2n) is 10.2. The van der Waals surface area contributed by atoms with Gasteiger partial charge in [0.1, 0.15) is 0 Å². The van der Waals surface area contributed by atoms with Crippen molar-refractivity contribution in [2.45, 2.75) is 44.2 Å². The highest BCUT2D eigenvalue weighted by Gasteiger charge is 2.63. The lowest BCUT2D eigenvalue weighted by atomic mass is 9.64. The van der Waals surface area contributed by atoms with Gasteiger partial charge in [-0.25, -0.2) is 14.9 Å². The average Bonchev–Trinajstić information content (AvgIpc) is 3.29. The zero-order valence-electron chi connectivity index (χ0n) is 19.5. The van der Waals surface area contributed by atoms with E-state index >= 15 is 0 Å². The fourth-order valence-electron chi connectivity index (χ4n) is 6.36. The molecule has 3 aromatic carbocycles. The number of halogens is 1. The molecule has 2 spiro atoms. The molecule has 1 aliphatic heterocycles. The van der Waals surface area contributed by atoms with E-state index < -0.39 is 5.72 Å². The lowest BCUT2D eigenvalue weighted by Crippen LogP contribution is -2.45. The molecule has 4 nitrogen and oxygen atoms in total. The van der Waals surface area contributed by atoms with E-state index in [2.05, 4.69) is 88.7 Å². The molecular formula is C29H30BrN3O. The first-order chi connectivity index (χ1) is 16.5. The summed E-state index contributed by atoms with van der Waals surface area (Å²) in [6, 6.07) is 26.2. The van der Waals surface area contributed by atoms with Crippen LogP contribution in [0.1, 0.15) is 42.4 Å². The van der Waals surface area contributed by atoms with E-state index in [-0.39, 0.29) is 5.41 Å². The Morgan fingerprint density at radius 2 is 1.71 bits per heavy atom. The SMILES string of the molecule is CN1OC2(N=C1N)c1cc(-c3ccc(Br)cc3)ccc1CC21CCC(Cc2ccccc2)CC1. The monoisotopic (exact) mass is 515 g/mol. The van der Waals surface area contributed by atoms with Crippen molar-refractivity contribution in [3.63, 3.8) is 0 Å². The minimum atomic E-state index is -0.732. The van der Waals surface area contributed by atoms with Crippen LogP contribution in [0.3, 0.4) is 0 Å². The number of aliphatic imine (C=N–C) groups is 1. The first kappa shape index (κ1) is 21.9. The van der Waals surface area contributed by atoms with Crippen LogP contribution in [0.4, 0.5) is 0 Å². The predicted molar refractivity (Wildman–Crippen MR) is 140 cm³/mol. The summed E-state index contributed by atoms with van der Waals surface area (Å²) < 4.78 is 1.08. The molecule has 1 unspecified atom stereocenters. The van der Waals surface area contributed by atoms with Crippen molar-refractivity contribution in [3.05, 3.63) is 94.0 Å². The van der Waals surface area contributed by atoms with Crippen molar-refractivity contribution in [2.24, 2.45) is 22.1 Å². The number of guanidine groups is 1. The molecule has 1 fully saturated rings. The fourth-order valence-corrected chi connectivity index (χ4v) is 6.62. The molecule has 6 rings (SSSR count). The van der Waals surface area contributed by atoms with Gasteiger partial charge < -0.3 is 5.73 Å². The number of hydrogen-bond acceptors (Lipinski definition) is 4. The zero-order valence-corrected chi connectivity index (χ0v) is 21.1. The van der Waals surface area contributed by atoms with Crippen LogP contribution in [0, 0.1) is 11.3 Å². The Labute approximate surface area is 209 Å². The molecule has 0 aromatic heterocycles. The Morgan fingerprint density at radius 3 is 2.38 bits per heavy atom. The molecule has 3 aliphatic rings. The Bertz CT molecular complexity index is 1230. The van der Waals surface area contributed by atoms with Gasteiger partial charge in [-0.05, 0) is 84.9 Å². The van der Waals surface area contributed by atoms with E-state index in [1.54, 1.807) is 5.06 Å². The number of rotatable bonds is 3. The highest BCUT2D eigenvalue weighted by Crippen LogP contribution is 2.62. The summed E-state index contributed by atoms with van der Waals surface area (Å²) in [4.78, 5) is 11.7. The quantitative estimate of drug-likeness (QED) is 0.436. The molecule has 2 N–H and O–H groups in total. The molecule has 2 aliphatic carbocycles. The highest BCUT2D eigenvalue weighted by molar-refractivity contribution is 9.10. The third kappa shape index (κ3) is 3.48. The molecule has 5 heteroatoms. The van der Waals surface area contributed by atoms with Gasteiger partial charge in [0, 0.05) is 22.5 Å². The van der Waals surface area contributed by atoms with Crippen LogP contribution in [0.5, 0.6) is 0 Å². The van der Waals surface area contributed by atoms with Gasteiger partial charge in [0.25, 0.3) is 0 Å². The van der Waals surface area contributed by atoms with Crippen molar-refractivity contribution >= 4 is 21.9 Å². The minimum absolute atomic E-state index is 0.0593. The highest BCUT2D eigenvalue weighted by atomic mass is 79.9. The Morgan fingerprint density at radius 1 is 1.00 bits per heavy atom. The summed E-state index contributed by atoms with van der Waals surface area (Å²) in [5.74, 6) is 1.17. The summed E-state index contributed by atoms with van der Waals surface area (Å²) in [5.41, 5.74) is 11.9. The summed E-state index contributed by atoms with van der Waals surface area (Å²) in [5, 5.41) is 1.67. The van der Waals surface area contributed by atoms with Gasteiger partial charge >= 0.3 is 0 Å². The van der Waals surface area contributed by atoms with Gasteiger partial charge in [0.15, 0.2) is 0 Å². The molecule has 0 radical (unpaired) electrons. The smallest absolute Gasteiger partial charge is 0.220 e. The standard InChI is InChI=1S/C29H30BrN3O/c1-33-27(31)32-29(34-33)26-18-23(22-9-11-25(30)12-10-22)7-8-24(26)19-28(29)15-13-21(14-16-28)17-20-5-3-2-4-6-20/h2-12,18,21H,13-17,19H2,1H3,(H2,31,32). The van der Waals surface area contributed by atoms with Crippen LogP contribution in [-0.4, -0.2) is 18.1 Å². The van der Waals surface area contributed by atoms with Crippen molar-refractivity contribution in [2.75, 3.05) is 7.05 Å². The van der Waals surface area contributed by atoms with Gasteiger partial charge in [-0.15, -0.1) is 0 Å². The number of benzene rings is 3. The molecule has 3 aromatic rings. The number of nitrogens with two attached hydrogens (primary N) is 1. The molecule has 1 heterocycles. The first-order valence-corrected chi connectivity index (χ1v) is 13.0. The van der Waals surface area contributed by atoms with Crippen molar-refractivity contribution in [1.29, 1.82) is 0 Å². The molecule has 174 valence electrons. The lowest BCUT2D eigenvalue weighted by Gasteiger charge is -2.45. The molecule has 0 amide bonds. The zero-order chi connectivity index (χ0) is 23.3. The third-order valence-corrected chi connectivity index (χ3v) is 8.72. The lowest BCUT2D eigenvalue weighted by molar-refractivity contribution is -0.230. The van der Waals surface area contributed by atoms with Gasteiger partial charge in [-0.3, -0.25) is 0 Å². The summed E-state index contributed by atoms with van der Waals surface area (Å²) in [7, 11) is 1.87. The van der Waals surface area contributed by atoms with Crippen LogP contribution in [0.2, 0.25) is 0 Å². The van der Waals surface area contributed by atoms with E-state index in [4.69, 9.17) is 15.6 Å². The van der Waals surface area contributed by atoms with E-state index in [1.165, 1.54) is 40.7 Å². The van der Waals surface area contributed by atoms with Gasteiger partial charge in [0.2, 0.25) is 11.7 Å². The van der Waals surface area contributed by atoms with Crippen LogP contribution < -0.4 is 5.73 Å². The van der Waals surface area contributed by atoms with Crippen LogP contribution >= 0.6 is 15.9 Å². The maximum atomic E-state index is 6.60. The van der Waals surface area contributed by atoms with E-state index in [1.807, 2.05) is 7.05 Å². The van der Waals surface area contributed by atoms with Gasteiger partial charge in [-0.1, -0.05) is 70.5 Å². The number of nitrogens with zero attached hydrogens (tertiary/aromatic N) is 2. The maximum absolute atomic E-state index is 6.60. The van der Waals surface area contributed by atoms with E-state index in [0.717, 1.165) is 30.2 Å². The molecule has 0 saturated heterocycles. The second kappa shape index (κ2) is 8.24. The van der Waals surface area contributed by atoms with Crippen LogP contribution in [0.25, 0.3) is 11.1 Å². The van der Waals surface area contributed by atoms with Crippen molar-refractivity contribution < 1.29 is 4.84 Å². The minimum Gasteiger partial charge on any atom is -0.368 e. The second-order valence-corrected chi connectivity index (χ2v) is 11.1. The van der Waals surface area contributed by atoms with Gasteiger partial charge in [0.05, 0.1) is 0 Å². The topological polar surface area (TPSA) is 50.8 Å². The van der Waals surface area contributed by atoms with Crippen molar-refractivity contribution in [3.8, 4) is 11.1 Å². The number of fused-ring (bicyclic) bond motifs is 3. The van der Waals surface area contributed by atoms with Crippen molar-refractivity contribution in [1.82, 2.24) is 5.06 Å². The molecule has 1 saturated carbocycles. The molecule has 0 bridgehead atoms. The average molecular weight is 516 g/mol. The maximum Gasteiger partial charge on any atom is 0.220 e. The van der Waals surface area contributed by atoms with Crippen LogP contribution in [-0.2, 0) is 23.4 Å². The third-order valence-electron chi connectivity index (χ3n) is 8.19. The van der Waals surface area contributed by atoms with E-state index in [9.17, 15) is 0 Å². The largest absolute Gasteiger partial charge is 0.368 e.